The first-order valence-corrected chi connectivity index (χ1v) is 3.78. The second-order valence-corrected chi connectivity index (χ2v) is 2.87. The number of anilines is 1. The van der Waals surface area contributed by atoms with Gasteiger partial charge in [-0.15, -0.1) is 0 Å². The molecule has 1 aliphatic rings. The molecule has 2 rings (SSSR count). The standard InChI is InChI=1S/C7H11N3O/c8-5-4-9-10-3-1-2-6(11)7(5)10/h4,6,11H,1-3,8H2. The predicted octanol–water partition coefficient (Wildman–Crippen LogP) is 0.293. The number of hydrogen-bond donors (Lipinski definition) is 2. The summed E-state index contributed by atoms with van der Waals surface area (Å²) >= 11 is 0. The van der Waals surface area contributed by atoms with Crippen molar-refractivity contribution in [2.45, 2.75) is 25.5 Å². The zero-order valence-electron chi connectivity index (χ0n) is 6.20. The van der Waals surface area contributed by atoms with E-state index < -0.39 is 6.10 Å². The van der Waals surface area contributed by atoms with Gasteiger partial charge >= 0.3 is 0 Å². The van der Waals surface area contributed by atoms with Gasteiger partial charge in [0.1, 0.15) is 0 Å². The van der Waals surface area contributed by atoms with Crippen LogP contribution in [0.5, 0.6) is 0 Å². The third-order valence-corrected chi connectivity index (χ3v) is 2.07. The molecule has 0 amide bonds. The number of hydrogen-bond acceptors (Lipinski definition) is 3. The van der Waals surface area contributed by atoms with Crippen molar-refractivity contribution in [3.8, 4) is 0 Å². The van der Waals surface area contributed by atoms with Crippen LogP contribution in [0.2, 0.25) is 0 Å². The van der Waals surface area contributed by atoms with Gasteiger partial charge in [-0.2, -0.15) is 5.10 Å². The minimum atomic E-state index is -0.411. The van der Waals surface area contributed by atoms with Crippen LogP contribution in [-0.4, -0.2) is 14.9 Å². The Morgan fingerprint density at radius 3 is 3.27 bits per heavy atom. The van der Waals surface area contributed by atoms with Gasteiger partial charge < -0.3 is 10.8 Å². The third kappa shape index (κ3) is 0.903. The second kappa shape index (κ2) is 2.23. The first kappa shape index (κ1) is 6.67. The Labute approximate surface area is 64.6 Å². The number of aryl methyl sites for hydroxylation is 1. The summed E-state index contributed by atoms with van der Waals surface area (Å²) in [6.45, 7) is 0.879. The van der Waals surface area contributed by atoms with Crippen molar-refractivity contribution >= 4 is 5.69 Å². The second-order valence-electron chi connectivity index (χ2n) is 2.87. The molecular weight excluding hydrogens is 142 g/mol. The minimum absolute atomic E-state index is 0.411. The van der Waals surface area contributed by atoms with E-state index in [0.29, 0.717) is 5.69 Å². The normalized spacial score (nSPS) is 23.2. The Morgan fingerprint density at radius 2 is 2.55 bits per heavy atom. The number of fused-ring (bicyclic) bond motifs is 1. The highest BCUT2D eigenvalue weighted by Crippen LogP contribution is 2.28. The van der Waals surface area contributed by atoms with E-state index in [-0.39, 0.29) is 0 Å². The van der Waals surface area contributed by atoms with Crippen LogP contribution < -0.4 is 5.73 Å². The average Bonchev–Trinajstić information content (AvgIpc) is 2.34. The van der Waals surface area contributed by atoms with Gasteiger partial charge in [0.25, 0.3) is 0 Å². The van der Waals surface area contributed by atoms with E-state index in [0.717, 1.165) is 25.1 Å². The summed E-state index contributed by atoms with van der Waals surface area (Å²) in [6, 6.07) is 0. The highest BCUT2D eigenvalue weighted by atomic mass is 16.3. The Bertz CT molecular complexity index is 269. The van der Waals surface area contributed by atoms with Gasteiger partial charge in [0.2, 0.25) is 0 Å². The fraction of sp³-hybridized carbons (Fsp3) is 0.571. The summed E-state index contributed by atoms with van der Waals surface area (Å²) in [7, 11) is 0. The zero-order valence-corrected chi connectivity index (χ0v) is 6.20. The number of rotatable bonds is 0. The smallest absolute Gasteiger partial charge is 0.0978 e. The molecule has 0 bridgehead atoms. The van der Waals surface area contributed by atoms with Gasteiger partial charge in [-0.3, -0.25) is 4.68 Å². The van der Waals surface area contributed by atoms with E-state index >= 15 is 0 Å². The topological polar surface area (TPSA) is 64.1 Å². The molecule has 0 saturated heterocycles. The largest absolute Gasteiger partial charge is 0.396 e. The van der Waals surface area contributed by atoms with Gasteiger partial charge in [-0.25, -0.2) is 0 Å². The molecule has 1 atom stereocenters. The maximum atomic E-state index is 9.49. The Hall–Kier alpha value is -1.03. The first-order chi connectivity index (χ1) is 5.29. The van der Waals surface area contributed by atoms with Gasteiger partial charge in [0.05, 0.1) is 23.7 Å². The molecule has 4 heteroatoms. The lowest BCUT2D eigenvalue weighted by atomic mass is 10.1. The number of nitrogens with zero attached hydrogens (tertiary/aromatic N) is 2. The molecule has 0 fully saturated rings. The maximum Gasteiger partial charge on any atom is 0.0978 e. The molecule has 60 valence electrons. The quantitative estimate of drug-likeness (QED) is 0.563. The molecular formula is C7H11N3O. The van der Waals surface area contributed by atoms with Crippen molar-refractivity contribution in [1.29, 1.82) is 0 Å². The number of aromatic nitrogens is 2. The molecule has 4 nitrogen and oxygen atoms in total. The molecule has 0 saturated carbocycles. The summed E-state index contributed by atoms with van der Waals surface area (Å²) < 4.78 is 1.78. The summed E-state index contributed by atoms with van der Waals surface area (Å²) in [5, 5.41) is 13.5. The van der Waals surface area contributed by atoms with Crippen molar-refractivity contribution in [3.05, 3.63) is 11.9 Å². The van der Waals surface area contributed by atoms with Gasteiger partial charge in [-0.05, 0) is 12.8 Å². The number of aliphatic hydroxyl groups is 1. The van der Waals surface area contributed by atoms with Crippen LogP contribution in [0.25, 0.3) is 0 Å². The van der Waals surface area contributed by atoms with Crippen molar-refractivity contribution < 1.29 is 5.11 Å². The van der Waals surface area contributed by atoms with Crippen LogP contribution >= 0.6 is 0 Å². The summed E-state index contributed by atoms with van der Waals surface area (Å²) in [5.74, 6) is 0. The van der Waals surface area contributed by atoms with E-state index in [9.17, 15) is 5.11 Å². The molecule has 1 aromatic rings. The van der Waals surface area contributed by atoms with Crippen molar-refractivity contribution in [1.82, 2.24) is 9.78 Å². The summed E-state index contributed by atoms with van der Waals surface area (Å²) in [4.78, 5) is 0. The Kier molecular flexibility index (Phi) is 1.35. The molecule has 3 N–H and O–H groups in total. The van der Waals surface area contributed by atoms with E-state index in [1.807, 2.05) is 0 Å². The number of aliphatic hydroxyl groups excluding tert-OH is 1. The highest BCUT2D eigenvalue weighted by molar-refractivity contribution is 5.42. The number of nitrogens with two attached hydrogens (primary N) is 1. The first-order valence-electron chi connectivity index (χ1n) is 3.78. The van der Waals surface area contributed by atoms with Gasteiger partial charge in [-0.1, -0.05) is 0 Å². The van der Waals surface area contributed by atoms with Gasteiger partial charge in [0.15, 0.2) is 0 Å². The van der Waals surface area contributed by atoms with Gasteiger partial charge in [0, 0.05) is 6.54 Å². The lowest BCUT2D eigenvalue weighted by Crippen LogP contribution is -2.16. The van der Waals surface area contributed by atoms with E-state index in [1.165, 1.54) is 0 Å². The molecule has 0 radical (unpaired) electrons. The average molecular weight is 153 g/mol. The molecule has 1 aliphatic heterocycles. The third-order valence-electron chi connectivity index (χ3n) is 2.07. The van der Waals surface area contributed by atoms with E-state index in [1.54, 1.807) is 10.9 Å². The fourth-order valence-electron chi connectivity index (χ4n) is 1.52. The van der Waals surface area contributed by atoms with Crippen molar-refractivity contribution in [2.24, 2.45) is 0 Å². The monoisotopic (exact) mass is 153 g/mol. The van der Waals surface area contributed by atoms with Crippen LogP contribution in [0.15, 0.2) is 6.20 Å². The van der Waals surface area contributed by atoms with Crippen LogP contribution in [0.1, 0.15) is 24.6 Å². The molecule has 1 aromatic heterocycles. The molecule has 1 unspecified atom stereocenters. The zero-order chi connectivity index (χ0) is 7.84. The molecule has 0 aromatic carbocycles. The number of nitrogen functional groups attached to an aromatic ring is 1. The molecule has 11 heavy (non-hydrogen) atoms. The SMILES string of the molecule is Nc1cnn2c1C(O)CCC2. The van der Waals surface area contributed by atoms with E-state index in [4.69, 9.17) is 5.73 Å². The predicted molar refractivity (Wildman–Crippen MR) is 40.8 cm³/mol. The lowest BCUT2D eigenvalue weighted by Gasteiger charge is -2.19. The molecule has 0 spiro atoms. The highest BCUT2D eigenvalue weighted by Gasteiger charge is 2.20. The Balaban J connectivity index is 2.48. The van der Waals surface area contributed by atoms with Crippen molar-refractivity contribution in [2.75, 3.05) is 5.73 Å². The molecule has 2 heterocycles. The Morgan fingerprint density at radius 1 is 1.73 bits per heavy atom. The van der Waals surface area contributed by atoms with Crippen molar-refractivity contribution in [3.63, 3.8) is 0 Å². The van der Waals surface area contributed by atoms with Crippen LogP contribution in [0.4, 0.5) is 5.69 Å². The summed E-state index contributed by atoms with van der Waals surface area (Å²) in [6.07, 6.45) is 2.97. The maximum absolute atomic E-state index is 9.49. The fourth-order valence-corrected chi connectivity index (χ4v) is 1.52. The lowest BCUT2D eigenvalue weighted by molar-refractivity contribution is 0.136. The van der Waals surface area contributed by atoms with E-state index in [2.05, 4.69) is 5.10 Å². The minimum Gasteiger partial charge on any atom is -0.396 e. The van der Waals surface area contributed by atoms with Crippen LogP contribution in [-0.2, 0) is 6.54 Å². The summed E-state index contributed by atoms with van der Waals surface area (Å²) in [5.41, 5.74) is 7.01. The van der Waals surface area contributed by atoms with Crippen LogP contribution in [0, 0.1) is 0 Å². The van der Waals surface area contributed by atoms with Crippen LogP contribution in [0.3, 0.4) is 0 Å². The molecule has 0 aliphatic carbocycles.